The molecule has 0 aromatic carbocycles. The van der Waals surface area contributed by atoms with Crippen LogP contribution in [0.15, 0.2) is 4.47 Å². The zero-order chi connectivity index (χ0) is 12.5. The van der Waals surface area contributed by atoms with Crippen molar-refractivity contribution in [3.8, 4) is 0 Å². The van der Waals surface area contributed by atoms with Gasteiger partial charge >= 0.3 is 0 Å². The van der Waals surface area contributed by atoms with Gasteiger partial charge in [-0.05, 0) is 29.3 Å². The maximum Gasteiger partial charge on any atom is 0.144 e. The lowest BCUT2D eigenvalue weighted by Crippen LogP contribution is -2.26. The van der Waals surface area contributed by atoms with Crippen LogP contribution in [-0.2, 0) is 18.3 Å². The van der Waals surface area contributed by atoms with Crippen molar-refractivity contribution in [2.75, 3.05) is 0 Å². The second kappa shape index (κ2) is 4.70. The lowest BCUT2D eigenvalue weighted by atomic mass is 9.83. The Labute approximate surface area is 105 Å². The highest BCUT2D eigenvalue weighted by Crippen LogP contribution is 2.26. The molecule has 0 saturated heterocycles. The van der Waals surface area contributed by atoms with E-state index in [9.17, 15) is 4.79 Å². The molecule has 0 radical (unpaired) electrons. The van der Waals surface area contributed by atoms with Gasteiger partial charge < -0.3 is 0 Å². The molecule has 0 spiro atoms. The smallest absolute Gasteiger partial charge is 0.144 e. The molecule has 0 bridgehead atoms. The molecule has 0 fully saturated rings. The number of hydrogen-bond acceptors (Lipinski definition) is 2. The Morgan fingerprint density at radius 2 is 2.06 bits per heavy atom. The molecule has 0 aliphatic carbocycles. The zero-order valence-electron chi connectivity index (χ0n) is 10.6. The van der Waals surface area contributed by atoms with Crippen LogP contribution in [0.1, 0.15) is 38.6 Å². The fraction of sp³-hybridized carbons (Fsp3) is 0.667. The minimum atomic E-state index is -0.252. The lowest BCUT2D eigenvalue weighted by Gasteiger charge is -2.20. The Hall–Kier alpha value is -0.640. The summed E-state index contributed by atoms with van der Waals surface area (Å²) in [6.07, 6.45) is 1.30. The summed E-state index contributed by atoms with van der Waals surface area (Å²) in [5.41, 5.74) is 1.64. The summed E-state index contributed by atoms with van der Waals surface area (Å²) in [6.45, 7) is 7.96. The zero-order valence-corrected chi connectivity index (χ0v) is 12.2. The molecule has 0 aliphatic rings. The molecule has 0 atom stereocenters. The van der Waals surface area contributed by atoms with Gasteiger partial charge in [0.25, 0.3) is 0 Å². The second-order valence-electron chi connectivity index (χ2n) is 4.81. The number of halogens is 1. The molecule has 0 amide bonds. The summed E-state index contributed by atoms with van der Waals surface area (Å²) in [5, 5.41) is 4.29. The maximum atomic E-state index is 12.1. The Kier molecular flexibility index (Phi) is 3.94. The standard InChI is InChI=1S/C12H19BrN2O/c1-6-12(3,4)10(16)7-9-11(13)8(2)14-15(9)5/h6-7H2,1-5H3. The van der Waals surface area contributed by atoms with Gasteiger partial charge in [-0.15, -0.1) is 0 Å². The highest BCUT2D eigenvalue weighted by molar-refractivity contribution is 9.10. The van der Waals surface area contributed by atoms with Crippen molar-refractivity contribution in [1.29, 1.82) is 0 Å². The van der Waals surface area contributed by atoms with Crippen LogP contribution in [0.4, 0.5) is 0 Å². The average molecular weight is 287 g/mol. The average Bonchev–Trinajstić information content (AvgIpc) is 2.45. The van der Waals surface area contributed by atoms with Gasteiger partial charge in [0.15, 0.2) is 0 Å². The second-order valence-corrected chi connectivity index (χ2v) is 5.60. The Balaban J connectivity index is 2.94. The number of carbonyl (C=O) groups excluding carboxylic acids is 1. The van der Waals surface area contributed by atoms with E-state index in [1.54, 1.807) is 4.68 Å². The predicted octanol–water partition coefficient (Wildman–Crippen LogP) is 3.04. The number of aromatic nitrogens is 2. The highest BCUT2D eigenvalue weighted by atomic mass is 79.9. The van der Waals surface area contributed by atoms with Crippen molar-refractivity contribution in [3.63, 3.8) is 0 Å². The third-order valence-electron chi connectivity index (χ3n) is 3.23. The van der Waals surface area contributed by atoms with E-state index in [-0.39, 0.29) is 11.2 Å². The number of carbonyl (C=O) groups is 1. The quantitative estimate of drug-likeness (QED) is 0.853. The van der Waals surface area contributed by atoms with E-state index >= 15 is 0 Å². The number of rotatable bonds is 4. The summed E-state index contributed by atoms with van der Waals surface area (Å²) in [4.78, 5) is 12.1. The normalized spacial score (nSPS) is 11.9. The SMILES string of the molecule is CCC(C)(C)C(=O)Cc1c(Br)c(C)nn1C. The number of hydrogen-bond donors (Lipinski definition) is 0. The molecule has 16 heavy (non-hydrogen) atoms. The van der Waals surface area contributed by atoms with Crippen molar-refractivity contribution in [2.45, 2.75) is 40.5 Å². The Morgan fingerprint density at radius 3 is 2.44 bits per heavy atom. The summed E-state index contributed by atoms with van der Waals surface area (Å²) < 4.78 is 2.73. The molecule has 3 nitrogen and oxygen atoms in total. The predicted molar refractivity (Wildman–Crippen MR) is 68.4 cm³/mol. The molecule has 0 N–H and O–H groups in total. The fourth-order valence-corrected chi connectivity index (χ4v) is 1.94. The van der Waals surface area contributed by atoms with Crippen molar-refractivity contribution in [1.82, 2.24) is 9.78 Å². The molecule has 1 aromatic heterocycles. The van der Waals surface area contributed by atoms with Crippen LogP contribution in [0, 0.1) is 12.3 Å². The van der Waals surface area contributed by atoms with E-state index in [1.165, 1.54) is 0 Å². The van der Waals surface area contributed by atoms with Gasteiger partial charge in [0, 0.05) is 12.5 Å². The molecule has 0 unspecified atom stereocenters. The van der Waals surface area contributed by atoms with Crippen LogP contribution in [0.25, 0.3) is 0 Å². The van der Waals surface area contributed by atoms with Gasteiger partial charge in [0.05, 0.1) is 22.3 Å². The topological polar surface area (TPSA) is 34.9 Å². The largest absolute Gasteiger partial charge is 0.299 e. The molecule has 1 aromatic rings. The van der Waals surface area contributed by atoms with E-state index in [4.69, 9.17) is 0 Å². The maximum absolute atomic E-state index is 12.1. The fourth-order valence-electron chi connectivity index (χ4n) is 1.46. The van der Waals surface area contributed by atoms with Gasteiger partial charge in [-0.3, -0.25) is 9.48 Å². The van der Waals surface area contributed by atoms with Crippen molar-refractivity contribution in [3.05, 3.63) is 15.9 Å². The molecule has 0 aliphatic heterocycles. The van der Waals surface area contributed by atoms with Crippen LogP contribution in [0.2, 0.25) is 0 Å². The van der Waals surface area contributed by atoms with E-state index < -0.39 is 0 Å². The Bertz CT molecular complexity index is 407. The van der Waals surface area contributed by atoms with Crippen LogP contribution in [-0.4, -0.2) is 15.6 Å². The number of aryl methyl sites for hydroxylation is 2. The third kappa shape index (κ3) is 2.54. The summed E-state index contributed by atoms with van der Waals surface area (Å²) in [7, 11) is 1.87. The van der Waals surface area contributed by atoms with Crippen molar-refractivity contribution < 1.29 is 4.79 Å². The minimum Gasteiger partial charge on any atom is -0.299 e. The summed E-state index contributed by atoms with van der Waals surface area (Å²) >= 11 is 3.48. The van der Waals surface area contributed by atoms with Crippen LogP contribution < -0.4 is 0 Å². The molecular weight excluding hydrogens is 268 g/mol. The first-order valence-corrected chi connectivity index (χ1v) is 6.30. The first kappa shape index (κ1) is 13.4. The molecular formula is C12H19BrN2O. The van der Waals surface area contributed by atoms with Gasteiger partial charge in [-0.25, -0.2) is 0 Å². The van der Waals surface area contributed by atoms with E-state index in [1.807, 2.05) is 34.7 Å². The van der Waals surface area contributed by atoms with Gasteiger partial charge in [-0.1, -0.05) is 20.8 Å². The third-order valence-corrected chi connectivity index (χ3v) is 4.26. The summed E-state index contributed by atoms with van der Waals surface area (Å²) in [6, 6.07) is 0. The lowest BCUT2D eigenvalue weighted by molar-refractivity contribution is -0.126. The van der Waals surface area contributed by atoms with Crippen LogP contribution >= 0.6 is 15.9 Å². The number of ketones is 1. The van der Waals surface area contributed by atoms with E-state index in [0.29, 0.717) is 6.42 Å². The number of Topliss-reactive ketones (excluding diaryl/α,β-unsaturated/α-hetero) is 1. The van der Waals surface area contributed by atoms with Gasteiger partial charge in [-0.2, -0.15) is 5.10 Å². The molecule has 0 saturated carbocycles. The van der Waals surface area contributed by atoms with Gasteiger partial charge in [0.2, 0.25) is 0 Å². The molecule has 90 valence electrons. The Morgan fingerprint density at radius 1 is 1.50 bits per heavy atom. The van der Waals surface area contributed by atoms with Crippen molar-refractivity contribution in [2.24, 2.45) is 12.5 Å². The van der Waals surface area contributed by atoms with Crippen LogP contribution in [0.5, 0.6) is 0 Å². The highest BCUT2D eigenvalue weighted by Gasteiger charge is 2.27. The van der Waals surface area contributed by atoms with Crippen molar-refractivity contribution >= 4 is 21.7 Å². The summed E-state index contributed by atoms with van der Waals surface area (Å²) in [5.74, 6) is 0.263. The van der Waals surface area contributed by atoms with Crippen LogP contribution in [0.3, 0.4) is 0 Å². The van der Waals surface area contributed by atoms with E-state index in [0.717, 1.165) is 22.3 Å². The molecule has 1 rings (SSSR count). The monoisotopic (exact) mass is 286 g/mol. The first-order valence-electron chi connectivity index (χ1n) is 5.51. The molecule has 1 heterocycles. The number of nitrogens with zero attached hydrogens (tertiary/aromatic N) is 2. The molecule has 4 heteroatoms. The van der Waals surface area contributed by atoms with E-state index in [2.05, 4.69) is 21.0 Å². The minimum absolute atomic E-state index is 0.252. The van der Waals surface area contributed by atoms with Gasteiger partial charge in [0.1, 0.15) is 5.78 Å². The first-order chi connectivity index (χ1) is 7.29.